The van der Waals surface area contributed by atoms with E-state index in [9.17, 15) is 0 Å². The molecule has 1 aromatic heterocycles. The largest absolute Gasteiger partial charge is 0.392 e. The second-order valence-electron chi connectivity index (χ2n) is 2.96. The summed E-state index contributed by atoms with van der Waals surface area (Å²) in [5.41, 5.74) is 2.24. The zero-order chi connectivity index (χ0) is 9.42. The molecule has 68 valence electrons. The van der Waals surface area contributed by atoms with Crippen molar-refractivity contribution in [2.45, 2.75) is 13.5 Å². The molecule has 2 rings (SSSR count). The van der Waals surface area contributed by atoms with Gasteiger partial charge in [-0.05, 0) is 46.7 Å². The highest BCUT2D eigenvalue weighted by Gasteiger charge is 2.07. The van der Waals surface area contributed by atoms with Gasteiger partial charge >= 0.3 is 0 Å². The molecule has 0 aliphatic carbocycles. The van der Waals surface area contributed by atoms with Gasteiger partial charge in [0.15, 0.2) is 0 Å². The molecule has 0 radical (unpaired) electrons. The van der Waals surface area contributed by atoms with Crippen LogP contribution in [0.25, 0.3) is 10.1 Å². The first-order valence-electron chi connectivity index (χ1n) is 4.00. The highest BCUT2D eigenvalue weighted by molar-refractivity contribution is 14.1. The van der Waals surface area contributed by atoms with Crippen LogP contribution in [0.2, 0.25) is 0 Å². The molecule has 0 spiro atoms. The number of halogens is 1. The molecule has 0 atom stereocenters. The Labute approximate surface area is 94.5 Å². The molecular formula is C10H9IOS. The Kier molecular flexibility index (Phi) is 2.58. The third-order valence-electron chi connectivity index (χ3n) is 2.24. The molecule has 0 saturated heterocycles. The Bertz CT molecular complexity index is 447. The fourth-order valence-electron chi connectivity index (χ4n) is 1.47. The number of hydrogen-bond acceptors (Lipinski definition) is 2. The summed E-state index contributed by atoms with van der Waals surface area (Å²) in [4.78, 5) is 0. The molecule has 0 fully saturated rings. The molecule has 0 aliphatic heterocycles. The van der Waals surface area contributed by atoms with Crippen LogP contribution in [-0.2, 0) is 6.61 Å². The van der Waals surface area contributed by atoms with Crippen molar-refractivity contribution >= 4 is 44.0 Å². The van der Waals surface area contributed by atoms with Crippen LogP contribution in [0, 0.1) is 10.5 Å². The van der Waals surface area contributed by atoms with Gasteiger partial charge in [0.05, 0.1) is 6.61 Å². The van der Waals surface area contributed by atoms with Crippen LogP contribution in [0.5, 0.6) is 0 Å². The van der Waals surface area contributed by atoms with Crippen LogP contribution >= 0.6 is 33.9 Å². The van der Waals surface area contributed by atoms with E-state index in [0.717, 1.165) is 5.56 Å². The second kappa shape index (κ2) is 3.55. The second-order valence-corrected chi connectivity index (χ2v) is 5.04. The molecule has 1 aromatic carbocycles. The van der Waals surface area contributed by atoms with Gasteiger partial charge in [-0.3, -0.25) is 0 Å². The van der Waals surface area contributed by atoms with Gasteiger partial charge in [0.25, 0.3) is 0 Å². The van der Waals surface area contributed by atoms with E-state index in [0.29, 0.717) is 0 Å². The lowest BCUT2D eigenvalue weighted by molar-refractivity contribution is 0.281. The molecule has 0 aliphatic rings. The summed E-state index contributed by atoms with van der Waals surface area (Å²) < 4.78 is 2.59. The lowest BCUT2D eigenvalue weighted by Gasteiger charge is -2.03. The van der Waals surface area contributed by atoms with Gasteiger partial charge in [0.1, 0.15) is 0 Å². The predicted molar refractivity (Wildman–Crippen MR) is 65.2 cm³/mol. The number of aliphatic hydroxyl groups excluding tert-OH is 1. The first-order valence-corrected chi connectivity index (χ1v) is 5.96. The minimum absolute atomic E-state index is 0.133. The molecule has 0 amide bonds. The molecule has 1 N–H and O–H groups in total. The third-order valence-corrected chi connectivity index (χ3v) is 4.46. The van der Waals surface area contributed by atoms with E-state index in [4.69, 9.17) is 5.11 Å². The minimum Gasteiger partial charge on any atom is -0.392 e. The average Bonchev–Trinajstić information content (AvgIpc) is 2.49. The van der Waals surface area contributed by atoms with Crippen LogP contribution in [-0.4, -0.2) is 5.11 Å². The molecule has 3 heteroatoms. The number of aliphatic hydroxyl groups is 1. The van der Waals surface area contributed by atoms with Crippen LogP contribution in [0.3, 0.4) is 0 Å². The van der Waals surface area contributed by atoms with E-state index < -0.39 is 0 Å². The standard InChI is InChI=1S/C10H9IOS/c1-6-7(4-12)2-3-9-10(6)8(11)5-13-9/h2-3,5,12H,4H2,1H3. The summed E-state index contributed by atoms with van der Waals surface area (Å²) in [7, 11) is 0. The number of fused-ring (bicyclic) bond motifs is 1. The Morgan fingerprint density at radius 3 is 2.92 bits per heavy atom. The van der Waals surface area contributed by atoms with Crippen molar-refractivity contribution in [3.8, 4) is 0 Å². The molecule has 1 nitrogen and oxygen atoms in total. The van der Waals surface area contributed by atoms with Gasteiger partial charge < -0.3 is 5.11 Å². The zero-order valence-electron chi connectivity index (χ0n) is 7.17. The molecule has 2 aromatic rings. The summed E-state index contributed by atoms with van der Waals surface area (Å²) >= 11 is 4.10. The van der Waals surface area contributed by atoms with Crippen LogP contribution in [0.4, 0.5) is 0 Å². The number of rotatable bonds is 1. The van der Waals surface area contributed by atoms with Crippen molar-refractivity contribution in [1.29, 1.82) is 0 Å². The highest BCUT2D eigenvalue weighted by atomic mass is 127. The van der Waals surface area contributed by atoms with E-state index in [2.05, 4.69) is 41.0 Å². The number of hydrogen-bond donors (Lipinski definition) is 1. The van der Waals surface area contributed by atoms with Crippen molar-refractivity contribution in [3.63, 3.8) is 0 Å². The van der Waals surface area contributed by atoms with Gasteiger partial charge in [-0.25, -0.2) is 0 Å². The van der Waals surface area contributed by atoms with E-state index in [1.54, 1.807) is 11.3 Å². The van der Waals surface area contributed by atoms with Crippen molar-refractivity contribution in [2.24, 2.45) is 0 Å². The van der Waals surface area contributed by atoms with Gasteiger partial charge in [0.2, 0.25) is 0 Å². The fraction of sp³-hybridized carbons (Fsp3) is 0.200. The van der Waals surface area contributed by atoms with Crippen LogP contribution < -0.4 is 0 Å². The highest BCUT2D eigenvalue weighted by Crippen LogP contribution is 2.31. The molecular weight excluding hydrogens is 295 g/mol. The Balaban J connectivity index is 2.83. The fourth-order valence-corrected chi connectivity index (χ4v) is 3.61. The average molecular weight is 304 g/mol. The van der Waals surface area contributed by atoms with Gasteiger partial charge in [-0.15, -0.1) is 11.3 Å². The number of benzene rings is 1. The smallest absolute Gasteiger partial charge is 0.0684 e. The van der Waals surface area contributed by atoms with Crippen LogP contribution in [0.15, 0.2) is 17.5 Å². The minimum atomic E-state index is 0.133. The predicted octanol–water partition coefficient (Wildman–Crippen LogP) is 3.31. The van der Waals surface area contributed by atoms with Gasteiger partial charge in [0, 0.05) is 19.0 Å². The van der Waals surface area contributed by atoms with Gasteiger partial charge in [-0.1, -0.05) is 6.07 Å². The van der Waals surface area contributed by atoms with Crippen molar-refractivity contribution < 1.29 is 5.11 Å². The lowest BCUT2D eigenvalue weighted by atomic mass is 10.1. The zero-order valence-corrected chi connectivity index (χ0v) is 10.1. The van der Waals surface area contributed by atoms with Gasteiger partial charge in [-0.2, -0.15) is 0 Å². The first kappa shape index (κ1) is 9.43. The third kappa shape index (κ3) is 1.49. The molecule has 0 unspecified atom stereocenters. The van der Waals surface area contributed by atoms with E-state index in [1.807, 2.05) is 6.07 Å². The molecule has 1 heterocycles. The maximum atomic E-state index is 9.11. The maximum absolute atomic E-state index is 9.11. The van der Waals surface area contributed by atoms with Crippen molar-refractivity contribution in [1.82, 2.24) is 0 Å². The topological polar surface area (TPSA) is 20.2 Å². The molecule has 0 bridgehead atoms. The van der Waals surface area contributed by atoms with Crippen LogP contribution in [0.1, 0.15) is 11.1 Å². The summed E-state index contributed by atoms with van der Waals surface area (Å²) in [6.45, 7) is 2.20. The summed E-state index contributed by atoms with van der Waals surface area (Å²) in [5, 5.41) is 12.6. The maximum Gasteiger partial charge on any atom is 0.0684 e. The first-order chi connectivity index (χ1) is 6.24. The quantitative estimate of drug-likeness (QED) is 0.802. The van der Waals surface area contributed by atoms with Crippen molar-refractivity contribution in [2.75, 3.05) is 0 Å². The van der Waals surface area contributed by atoms with E-state index in [-0.39, 0.29) is 6.61 Å². The number of aryl methyl sites for hydroxylation is 1. The monoisotopic (exact) mass is 304 g/mol. The van der Waals surface area contributed by atoms with Crippen molar-refractivity contribution in [3.05, 3.63) is 32.2 Å². The van der Waals surface area contributed by atoms with E-state index in [1.165, 1.54) is 19.2 Å². The lowest BCUT2D eigenvalue weighted by Crippen LogP contribution is -1.88. The van der Waals surface area contributed by atoms with E-state index >= 15 is 0 Å². The Hall–Kier alpha value is -0.130. The Morgan fingerprint density at radius 2 is 2.23 bits per heavy atom. The summed E-state index contributed by atoms with van der Waals surface area (Å²) in [6, 6.07) is 4.09. The summed E-state index contributed by atoms with van der Waals surface area (Å²) in [5.74, 6) is 0. The molecule has 0 saturated carbocycles. The number of thiophene rings is 1. The normalized spacial score (nSPS) is 11.0. The SMILES string of the molecule is Cc1c(CO)ccc2scc(I)c12. The summed E-state index contributed by atoms with van der Waals surface area (Å²) in [6.07, 6.45) is 0. The molecule has 13 heavy (non-hydrogen) atoms. The Morgan fingerprint density at radius 1 is 1.46 bits per heavy atom.